The van der Waals surface area contributed by atoms with Crippen molar-refractivity contribution in [2.45, 2.75) is 13.0 Å². The smallest absolute Gasteiger partial charge is 0.307 e. The summed E-state index contributed by atoms with van der Waals surface area (Å²) >= 11 is 5.94. The quantitative estimate of drug-likeness (QED) is 0.631. The molecule has 0 fully saturated rings. The number of ether oxygens (including phenoxy) is 2. The topological polar surface area (TPSA) is 73.1 Å². The number of para-hydroxylation sites is 2. The molecule has 2 aromatic heterocycles. The van der Waals surface area contributed by atoms with E-state index in [4.69, 9.17) is 21.1 Å². The summed E-state index contributed by atoms with van der Waals surface area (Å²) in [6.45, 7) is 0.264. The number of nitrogens with zero attached hydrogens (tertiary/aromatic N) is 3. The Balaban J connectivity index is 1.35. The monoisotopic (exact) mass is 385 g/mol. The van der Waals surface area contributed by atoms with Gasteiger partial charge in [-0.25, -0.2) is 4.98 Å². The van der Waals surface area contributed by atoms with Crippen molar-refractivity contribution in [1.82, 2.24) is 9.38 Å². The van der Waals surface area contributed by atoms with E-state index < -0.39 is 5.97 Å². The van der Waals surface area contributed by atoms with Crippen LogP contribution in [0.25, 0.3) is 5.65 Å². The average molecular weight is 386 g/mol. The van der Waals surface area contributed by atoms with Crippen molar-refractivity contribution >= 4 is 34.8 Å². The minimum absolute atomic E-state index is 0.0319. The molecule has 1 aliphatic heterocycles. The third-order valence-corrected chi connectivity index (χ3v) is 4.42. The van der Waals surface area contributed by atoms with E-state index in [9.17, 15) is 9.59 Å². The maximum atomic E-state index is 12.1. The fraction of sp³-hybridized carbons (Fsp3) is 0.211. The lowest BCUT2D eigenvalue weighted by atomic mass is 10.2. The summed E-state index contributed by atoms with van der Waals surface area (Å²) in [5.41, 5.74) is 2.01. The number of hydrogen-bond donors (Lipinski definition) is 0. The molecule has 0 saturated carbocycles. The molecule has 0 saturated heterocycles. The van der Waals surface area contributed by atoms with E-state index >= 15 is 0 Å². The van der Waals surface area contributed by atoms with Crippen molar-refractivity contribution in [3.8, 4) is 5.75 Å². The Kier molecular flexibility index (Phi) is 4.68. The molecule has 0 aliphatic carbocycles. The number of pyridine rings is 1. The number of aromatic nitrogens is 2. The molecule has 0 atom stereocenters. The third-order valence-electron chi connectivity index (χ3n) is 4.19. The van der Waals surface area contributed by atoms with Crippen LogP contribution in [0.1, 0.15) is 12.1 Å². The molecule has 7 nitrogen and oxygen atoms in total. The predicted octanol–water partition coefficient (Wildman–Crippen LogP) is 2.85. The lowest BCUT2D eigenvalue weighted by Gasteiger charge is -2.28. The van der Waals surface area contributed by atoms with Gasteiger partial charge < -0.3 is 18.8 Å². The molecular formula is C19H16ClN3O4. The Labute approximate surface area is 160 Å². The van der Waals surface area contributed by atoms with Crippen LogP contribution in [0.3, 0.4) is 0 Å². The average Bonchev–Trinajstić information content (AvgIpc) is 3.07. The van der Waals surface area contributed by atoms with Crippen molar-refractivity contribution in [3.63, 3.8) is 0 Å². The molecule has 1 aliphatic rings. The maximum absolute atomic E-state index is 12.1. The molecule has 3 heterocycles. The molecular weight excluding hydrogens is 370 g/mol. The number of benzene rings is 1. The van der Waals surface area contributed by atoms with Crippen LogP contribution in [-0.4, -0.2) is 34.4 Å². The predicted molar refractivity (Wildman–Crippen MR) is 98.9 cm³/mol. The summed E-state index contributed by atoms with van der Waals surface area (Å²) in [6, 6.07) is 10.8. The molecule has 3 aromatic rings. The van der Waals surface area contributed by atoms with Crippen LogP contribution < -0.4 is 9.64 Å². The second kappa shape index (κ2) is 7.28. The first-order valence-electron chi connectivity index (χ1n) is 8.41. The number of anilines is 1. The van der Waals surface area contributed by atoms with E-state index in [1.54, 1.807) is 46.0 Å². The Morgan fingerprint density at radius 2 is 2.07 bits per heavy atom. The van der Waals surface area contributed by atoms with Gasteiger partial charge in [0.1, 0.15) is 18.0 Å². The molecule has 27 heavy (non-hydrogen) atoms. The number of rotatable bonds is 5. The van der Waals surface area contributed by atoms with E-state index in [1.807, 2.05) is 12.1 Å². The van der Waals surface area contributed by atoms with Crippen LogP contribution in [0.4, 0.5) is 5.69 Å². The first-order chi connectivity index (χ1) is 13.1. The zero-order valence-electron chi connectivity index (χ0n) is 14.3. The van der Waals surface area contributed by atoms with Gasteiger partial charge in [0.2, 0.25) is 0 Å². The van der Waals surface area contributed by atoms with Crippen LogP contribution in [0, 0.1) is 0 Å². The summed E-state index contributed by atoms with van der Waals surface area (Å²) in [6.07, 6.45) is 3.58. The van der Waals surface area contributed by atoms with E-state index in [1.165, 1.54) is 0 Å². The highest BCUT2D eigenvalue weighted by Crippen LogP contribution is 2.31. The summed E-state index contributed by atoms with van der Waals surface area (Å²) < 4.78 is 12.4. The Hall–Kier alpha value is -3.06. The minimum atomic E-state index is -0.401. The van der Waals surface area contributed by atoms with Gasteiger partial charge in [-0.05, 0) is 24.3 Å². The minimum Gasteiger partial charge on any atom is -0.482 e. The Morgan fingerprint density at radius 1 is 1.22 bits per heavy atom. The number of carbonyl (C=O) groups excluding carboxylic acids is 2. The highest BCUT2D eigenvalue weighted by molar-refractivity contribution is 6.30. The fourth-order valence-electron chi connectivity index (χ4n) is 2.92. The first-order valence-corrected chi connectivity index (χ1v) is 8.79. The highest BCUT2D eigenvalue weighted by Gasteiger charge is 2.25. The van der Waals surface area contributed by atoms with Crippen molar-refractivity contribution in [1.29, 1.82) is 0 Å². The van der Waals surface area contributed by atoms with Crippen LogP contribution in [0.15, 0.2) is 48.8 Å². The lowest BCUT2D eigenvalue weighted by molar-refractivity contribution is -0.144. The highest BCUT2D eigenvalue weighted by atomic mass is 35.5. The second-order valence-corrected chi connectivity index (χ2v) is 6.49. The molecule has 4 rings (SSSR count). The van der Waals surface area contributed by atoms with Gasteiger partial charge in [-0.15, -0.1) is 0 Å². The van der Waals surface area contributed by atoms with E-state index in [-0.39, 0.29) is 32.1 Å². The number of imidazole rings is 1. The van der Waals surface area contributed by atoms with Gasteiger partial charge in [-0.1, -0.05) is 23.7 Å². The standard InChI is InChI=1S/C19H16ClN3O4/c20-13-5-6-17-21-14(10-22(17)9-13)11-27-19(25)7-8-23-15-3-1-2-4-16(15)26-12-18(23)24/h1-6,9-10H,7-8,11-12H2. The van der Waals surface area contributed by atoms with Crippen LogP contribution in [0.5, 0.6) is 5.75 Å². The normalized spacial score (nSPS) is 13.4. The summed E-state index contributed by atoms with van der Waals surface area (Å²) in [5.74, 6) is 0.0504. The summed E-state index contributed by atoms with van der Waals surface area (Å²) in [4.78, 5) is 30.1. The van der Waals surface area contributed by atoms with Crippen molar-refractivity contribution in [2.75, 3.05) is 18.1 Å². The van der Waals surface area contributed by atoms with Gasteiger partial charge in [0.15, 0.2) is 6.61 Å². The van der Waals surface area contributed by atoms with Crippen LogP contribution in [-0.2, 0) is 20.9 Å². The van der Waals surface area contributed by atoms with Crippen LogP contribution in [0.2, 0.25) is 5.02 Å². The molecule has 138 valence electrons. The van der Waals surface area contributed by atoms with Gasteiger partial charge in [-0.3, -0.25) is 9.59 Å². The Morgan fingerprint density at radius 3 is 2.96 bits per heavy atom. The maximum Gasteiger partial charge on any atom is 0.307 e. The molecule has 0 bridgehead atoms. The first kappa shape index (κ1) is 17.4. The van der Waals surface area contributed by atoms with Gasteiger partial charge in [0.05, 0.1) is 22.8 Å². The molecule has 1 aromatic carbocycles. The zero-order valence-corrected chi connectivity index (χ0v) is 15.1. The number of esters is 1. The van der Waals surface area contributed by atoms with Gasteiger partial charge >= 0.3 is 5.97 Å². The van der Waals surface area contributed by atoms with E-state index in [0.717, 1.165) is 5.65 Å². The van der Waals surface area contributed by atoms with Crippen molar-refractivity contribution in [3.05, 3.63) is 59.5 Å². The Bertz CT molecular complexity index is 1020. The zero-order chi connectivity index (χ0) is 18.8. The SMILES string of the molecule is O=C(CCN1C(=O)COc2ccccc21)OCc1cn2cc(Cl)ccc2n1. The van der Waals surface area contributed by atoms with Gasteiger partial charge in [0, 0.05) is 18.9 Å². The van der Waals surface area contributed by atoms with E-state index in [0.29, 0.717) is 22.2 Å². The van der Waals surface area contributed by atoms with Gasteiger partial charge in [0.25, 0.3) is 5.91 Å². The molecule has 8 heteroatoms. The fourth-order valence-corrected chi connectivity index (χ4v) is 3.08. The number of carbonyl (C=O) groups is 2. The van der Waals surface area contributed by atoms with Crippen molar-refractivity contribution in [2.24, 2.45) is 0 Å². The van der Waals surface area contributed by atoms with Crippen LogP contribution >= 0.6 is 11.6 Å². The second-order valence-electron chi connectivity index (χ2n) is 6.06. The van der Waals surface area contributed by atoms with Crippen molar-refractivity contribution < 1.29 is 19.1 Å². The number of hydrogen-bond acceptors (Lipinski definition) is 5. The molecule has 0 spiro atoms. The lowest BCUT2D eigenvalue weighted by Crippen LogP contribution is -2.40. The van der Waals surface area contributed by atoms with E-state index in [2.05, 4.69) is 4.98 Å². The largest absolute Gasteiger partial charge is 0.482 e. The summed E-state index contributed by atoms with van der Waals surface area (Å²) in [7, 11) is 0. The summed E-state index contributed by atoms with van der Waals surface area (Å²) in [5, 5.41) is 0.596. The molecule has 0 radical (unpaired) electrons. The molecule has 0 N–H and O–H groups in total. The van der Waals surface area contributed by atoms with Gasteiger partial charge in [-0.2, -0.15) is 0 Å². The number of fused-ring (bicyclic) bond motifs is 2. The third kappa shape index (κ3) is 3.73. The number of halogens is 1. The molecule has 1 amide bonds. The molecule has 0 unspecified atom stereocenters. The number of amides is 1.